The predicted octanol–water partition coefficient (Wildman–Crippen LogP) is 2.75. The molecular formula is C9H14Cl2N2. The van der Waals surface area contributed by atoms with Gasteiger partial charge < -0.3 is 11.5 Å². The number of hydrogen-bond donors (Lipinski definition) is 2. The molecule has 0 heterocycles. The monoisotopic (exact) mass is 220 g/mol. The number of hydrogen-bond acceptors (Lipinski definition) is 2. The first kappa shape index (κ1) is 12.6. The molecule has 1 aromatic rings. The second kappa shape index (κ2) is 5.32. The van der Waals surface area contributed by atoms with E-state index in [-0.39, 0.29) is 18.4 Å². The summed E-state index contributed by atoms with van der Waals surface area (Å²) in [6.45, 7) is 2.02. The van der Waals surface area contributed by atoms with Gasteiger partial charge in [-0.15, -0.1) is 12.4 Å². The maximum atomic E-state index is 5.83. The molecule has 0 spiro atoms. The van der Waals surface area contributed by atoms with Crippen molar-refractivity contribution in [3.63, 3.8) is 0 Å². The van der Waals surface area contributed by atoms with E-state index in [1.54, 1.807) is 12.1 Å². The molecule has 0 aliphatic rings. The van der Waals surface area contributed by atoms with Crippen molar-refractivity contribution in [3.8, 4) is 0 Å². The minimum absolute atomic E-state index is 0. The van der Waals surface area contributed by atoms with Crippen molar-refractivity contribution in [2.24, 2.45) is 5.73 Å². The average Bonchev–Trinajstić information content (AvgIpc) is 2.08. The molecule has 74 valence electrons. The summed E-state index contributed by atoms with van der Waals surface area (Å²) in [7, 11) is 0. The molecular weight excluding hydrogens is 207 g/mol. The summed E-state index contributed by atoms with van der Waals surface area (Å²) < 4.78 is 0. The Balaban J connectivity index is 0.00000144. The number of halogens is 2. The maximum Gasteiger partial charge on any atom is 0.0410 e. The van der Waals surface area contributed by atoms with Crippen molar-refractivity contribution >= 4 is 29.7 Å². The van der Waals surface area contributed by atoms with E-state index >= 15 is 0 Å². The Morgan fingerprint density at radius 2 is 2.08 bits per heavy atom. The van der Waals surface area contributed by atoms with Crippen LogP contribution in [0.1, 0.15) is 24.9 Å². The lowest BCUT2D eigenvalue weighted by molar-refractivity contribution is 0.701. The summed E-state index contributed by atoms with van der Waals surface area (Å²) >= 11 is 5.81. The minimum atomic E-state index is -0.0105. The van der Waals surface area contributed by atoms with Crippen LogP contribution in [0.4, 0.5) is 5.69 Å². The molecule has 0 aromatic heterocycles. The summed E-state index contributed by atoms with van der Waals surface area (Å²) in [5, 5.41) is 0.683. The lowest BCUT2D eigenvalue weighted by Crippen LogP contribution is -2.10. The topological polar surface area (TPSA) is 52.0 Å². The van der Waals surface area contributed by atoms with Crippen molar-refractivity contribution in [2.45, 2.75) is 19.4 Å². The maximum absolute atomic E-state index is 5.83. The number of nitrogen functional groups attached to an aromatic ring is 1. The molecule has 1 aromatic carbocycles. The molecule has 0 amide bonds. The Hall–Kier alpha value is -0.440. The van der Waals surface area contributed by atoms with Gasteiger partial charge in [-0.05, 0) is 30.2 Å². The zero-order chi connectivity index (χ0) is 9.14. The summed E-state index contributed by atoms with van der Waals surface area (Å²) in [5.41, 5.74) is 13.2. The van der Waals surface area contributed by atoms with Gasteiger partial charge in [0, 0.05) is 16.8 Å². The van der Waals surface area contributed by atoms with Crippen LogP contribution in [0.2, 0.25) is 5.02 Å². The summed E-state index contributed by atoms with van der Waals surface area (Å²) in [6.07, 6.45) is 0.866. The second-order valence-electron chi connectivity index (χ2n) is 2.79. The Kier molecular flexibility index (Phi) is 5.14. The van der Waals surface area contributed by atoms with E-state index in [0.29, 0.717) is 10.7 Å². The van der Waals surface area contributed by atoms with Gasteiger partial charge in [-0.25, -0.2) is 0 Å². The smallest absolute Gasteiger partial charge is 0.0410 e. The first-order chi connectivity index (χ1) is 5.65. The highest BCUT2D eigenvalue weighted by Crippen LogP contribution is 2.24. The summed E-state index contributed by atoms with van der Waals surface area (Å²) in [6, 6.07) is 5.37. The van der Waals surface area contributed by atoms with Crippen molar-refractivity contribution in [1.82, 2.24) is 0 Å². The van der Waals surface area contributed by atoms with E-state index in [0.717, 1.165) is 12.0 Å². The first-order valence-corrected chi connectivity index (χ1v) is 4.33. The fraction of sp³-hybridized carbons (Fsp3) is 0.333. The third-order valence-electron chi connectivity index (χ3n) is 1.89. The van der Waals surface area contributed by atoms with Crippen molar-refractivity contribution < 1.29 is 0 Å². The van der Waals surface area contributed by atoms with Crippen LogP contribution in [-0.2, 0) is 0 Å². The van der Waals surface area contributed by atoms with Gasteiger partial charge in [-0.2, -0.15) is 0 Å². The van der Waals surface area contributed by atoms with Crippen molar-refractivity contribution in [3.05, 3.63) is 28.8 Å². The molecule has 1 atom stereocenters. The lowest BCUT2D eigenvalue weighted by atomic mass is 10.0. The van der Waals surface area contributed by atoms with Crippen LogP contribution in [0.3, 0.4) is 0 Å². The van der Waals surface area contributed by atoms with Gasteiger partial charge in [0.2, 0.25) is 0 Å². The van der Waals surface area contributed by atoms with E-state index in [9.17, 15) is 0 Å². The molecule has 4 heteroatoms. The van der Waals surface area contributed by atoms with Crippen LogP contribution in [-0.4, -0.2) is 0 Å². The van der Waals surface area contributed by atoms with Crippen LogP contribution in [0.5, 0.6) is 0 Å². The fourth-order valence-corrected chi connectivity index (χ4v) is 1.27. The SMILES string of the molecule is CC[C@H](N)c1cc(Cl)ccc1N.Cl. The molecule has 0 aliphatic carbocycles. The van der Waals surface area contributed by atoms with Crippen molar-refractivity contribution in [2.75, 3.05) is 5.73 Å². The van der Waals surface area contributed by atoms with E-state index in [1.165, 1.54) is 0 Å². The highest BCUT2D eigenvalue weighted by atomic mass is 35.5. The highest BCUT2D eigenvalue weighted by Gasteiger charge is 2.07. The van der Waals surface area contributed by atoms with Gasteiger partial charge in [0.05, 0.1) is 0 Å². The fourth-order valence-electron chi connectivity index (χ4n) is 1.09. The Labute approximate surface area is 89.7 Å². The molecule has 0 radical (unpaired) electrons. The van der Waals surface area contributed by atoms with Gasteiger partial charge in [0.1, 0.15) is 0 Å². The third kappa shape index (κ3) is 3.07. The van der Waals surface area contributed by atoms with Crippen LogP contribution >= 0.6 is 24.0 Å². The minimum Gasteiger partial charge on any atom is -0.398 e. The number of nitrogens with two attached hydrogens (primary N) is 2. The van der Waals surface area contributed by atoms with E-state index in [1.807, 2.05) is 13.0 Å². The molecule has 0 fully saturated rings. The molecule has 2 nitrogen and oxygen atoms in total. The van der Waals surface area contributed by atoms with Gasteiger partial charge in [0.15, 0.2) is 0 Å². The van der Waals surface area contributed by atoms with Gasteiger partial charge >= 0.3 is 0 Å². The van der Waals surface area contributed by atoms with E-state index in [4.69, 9.17) is 23.1 Å². The standard InChI is InChI=1S/C9H13ClN2.ClH/c1-2-8(11)7-5-6(10)3-4-9(7)12;/h3-5,8H,2,11-12H2,1H3;1H/t8-;/m0./s1. The molecule has 0 saturated carbocycles. The highest BCUT2D eigenvalue weighted by molar-refractivity contribution is 6.30. The first-order valence-electron chi connectivity index (χ1n) is 3.95. The van der Waals surface area contributed by atoms with Gasteiger partial charge in [-0.1, -0.05) is 18.5 Å². The van der Waals surface area contributed by atoms with Crippen LogP contribution in [0.15, 0.2) is 18.2 Å². The normalized spacial score (nSPS) is 11.9. The quantitative estimate of drug-likeness (QED) is 0.754. The predicted molar refractivity (Wildman–Crippen MR) is 60.3 cm³/mol. The van der Waals surface area contributed by atoms with E-state index < -0.39 is 0 Å². The Morgan fingerprint density at radius 3 is 2.62 bits per heavy atom. The largest absolute Gasteiger partial charge is 0.398 e. The Morgan fingerprint density at radius 1 is 1.46 bits per heavy atom. The number of benzene rings is 1. The Bertz CT molecular complexity index is 276. The van der Waals surface area contributed by atoms with Gasteiger partial charge in [-0.3, -0.25) is 0 Å². The average molecular weight is 221 g/mol. The summed E-state index contributed by atoms with van der Waals surface area (Å²) in [4.78, 5) is 0. The lowest BCUT2D eigenvalue weighted by Gasteiger charge is -2.11. The molecule has 13 heavy (non-hydrogen) atoms. The second-order valence-corrected chi connectivity index (χ2v) is 3.22. The van der Waals surface area contributed by atoms with Crippen LogP contribution < -0.4 is 11.5 Å². The molecule has 0 saturated heterocycles. The molecule has 4 N–H and O–H groups in total. The molecule has 1 rings (SSSR count). The zero-order valence-corrected chi connectivity index (χ0v) is 9.03. The number of rotatable bonds is 2. The molecule has 0 bridgehead atoms. The van der Waals surface area contributed by atoms with E-state index in [2.05, 4.69) is 0 Å². The summed E-state index contributed by atoms with van der Waals surface area (Å²) in [5.74, 6) is 0. The zero-order valence-electron chi connectivity index (χ0n) is 7.46. The van der Waals surface area contributed by atoms with Gasteiger partial charge in [0.25, 0.3) is 0 Å². The third-order valence-corrected chi connectivity index (χ3v) is 2.12. The molecule has 0 aliphatic heterocycles. The molecule has 0 unspecified atom stereocenters. The van der Waals surface area contributed by atoms with Crippen LogP contribution in [0.25, 0.3) is 0 Å². The van der Waals surface area contributed by atoms with Crippen molar-refractivity contribution in [1.29, 1.82) is 0 Å². The number of anilines is 1. The van der Waals surface area contributed by atoms with Crippen LogP contribution in [0, 0.1) is 0 Å².